The summed E-state index contributed by atoms with van der Waals surface area (Å²) in [6, 6.07) is 11.8. The van der Waals surface area contributed by atoms with E-state index in [9.17, 15) is 4.79 Å². The van der Waals surface area contributed by atoms with Gasteiger partial charge in [-0.2, -0.15) is 0 Å². The average molecular weight is 450 g/mol. The highest BCUT2D eigenvalue weighted by molar-refractivity contribution is 6.31. The number of nitrogens with one attached hydrogen (secondary N) is 1. The zero-order valence-electron chi connectivity index (χ0n) is 16.9. The number of ether oxygens (including phenoxy) is 2. The number of rotatable bonds is 9. The fraction of sp³-hybridized carbons (Fsp3) is 0.286. The molecule has 0 saturated heterocycles. The molecule has 10 heteroatoms. The Hall–Kier alpha value is -2.98. The molecule has 31 heavy (non-hydrogen) atoms. The molecule has 2 aromatic carbocycles. The zero-order chi connectivity index (χ0) is 22.6. The van der Waals surface area contributed by atoms with E-state index in [0.717, 1.165) is 0 Å². The number of carbonyl (C=O) groups is 1. The van der Waals surface area contributed by atoms with Gasteiger partial charge in [0.1, 0.15) is 11.5 Å². The number of halogens is 1. The number of nitrogens with zero attached hydrogens (tertiary/aromatic N) is 2. The van der Waals surface area contributed by atoms with Gasteiger partial charge in [0, 0.05) is 18.1 Å². The Morgan fingerprint density at radius 3 is 2.32 bits per heavy atom. The van der Waals surface area contributed by atoms with E-state index in [1.807, 2.05) is 0 Å². The number of aliphatic hydroxyl groups is 2. The third-order valence-corrected chi connectivity index (χ3v) is 4.00. The Bertz CT molecular complexity index is 967. The van der Waals surface area contributed by atoms with Gasteiger partial charge in [0.2, 0.25) is 5.88 Å². The van der Waals surface area contributed by atoms with Gasteiger partial charge in [-0.3, -0.25) is 0 Å². The quantitative estimate of drug-likeness (QED) is 0.363. The van der Waals surface area contributed by atoms with Crippen molar-refractivity contribution < 1.29 is 29.6 Å². The number of aliphatic hydroxyl groups excluding tert-OH is 2. The van der Waals surface area contributed by atoms with Crippen LogP contribution in [0.3, 0.4) is 0 Å². The van der Waals surface area contributed by atoms with E-state index >= 15 is 0 Å². The molecule has 0 fully saturated rings. The SMILES string of the molecule is CC(Oc1ccc(Oc2cnc3cc(Cl)ccc3n2)cc1)C(=O)O.OCCNCCO. The van der Waals surface area contributed by atoms with Crippen molar-refractivity contribution in [3.63, 3.8) is 0 Å². The first kappa shape index (κ1) is 24.3. The highest BCUT2D eigenvalue weighted by Gasteiger charge is 2.12. The minimum absolute atomic E-state index is 0.139. The van der Waals surface area contributed by atoms with Crippen molar-refractivity contribution in [2.24, 2.45) is 0 Å². The van der Waals surface area contributed by atoms with E-state index in [0.29, 0.717) is 46.5 Å². The first-order valence-corrected chi connectivity index (χ1v) is 9.83. The summed E-state index contributed by atoms with van der Waals surface area (Å²) in [4.78, 5) is 19.4. The highest BCUT2D eigenvalue weighted by Crippen LogP contribution is 2.24. The van der Waals surface area contributed by atoms with E-state index in [1.54, 1.807) is 42.5 Å². The van der Waals surface area contributed by atoms with E-state index in [1.165, 1.54) is 13.1 Å². The summed E-state index contributed by atoms with van der Waals surface area (Å²) in [7, 11) is 0. The Kier molecular flexibility index (Phi) is 9.92. The highest BCUT2D eigenvalue weighted by atomic mass is 35.5. The maximum Gasteiger partial charge on any atom is 0.344 e. The molecule has 3 aromatic rings. The van der Waals surface area contributed by atoms with Crippen LogP contribution in [0.25, 0.3) is 11.0 Å². The number of aromatic nitrogens is 2. The van der Waals surface area contributed by atoms with E-state index in [2.05, 4.69) is 15.3 Å². The Labute approximate surface area is 184 Å². The number of fused-ring (bicyclic) bond motifs is 1. The molecule has 0 spiro atoms. The standard InChI is InChI=1S/C17H13ClN2O4.C4H11NO2/c1-10(17(21)22)23-12-3-5-13(6-4-12)24-16-9-19-15-8-11(18)2-7-14(15)20-16;6-3-1-5-2-4-7/h2-10H,1H3,(H,21,22);5-7H,1-4H2. The lowest BCUT2D eigenvalue weighted by atomic mass is 10.3. The Balaban J connectivity index is 0.000000423. The summed E-state index contributed by atoms with van der Waals surface area (Å²) in [6.07, 6.45) is 0.588. The maximum atomic E-state index is 10.8. The van der Waals surface area contributed by atoms with Gasteiger partial charge in [0.15, 0.2) is 6.10 Å². The van der Waals surface area contributed by atoms with Crippen molar-refractivity contribution in [3.05, 3.63) is 53.7 Å². The van der Waals surface area contributed by atoms with Crippen molar-refractivity contribution in [3.8, 4) is 17.4 Å². The average Bonchev–Trinajstić information content (AvgIpc) is 2.76. The largest absolute Gasteiger partial charge is 0.479 e. The topological polar surface area (TPSA) is 134 Å². The van der Waals surface area contributed by atoms with Crippen molar-refractivity contribution in [1.29, 1.82) is 0 Å². The van der Waals surface area contributed by atoms with Crippen LogP contribution in [0, 0.1) is 0 Å². The molecule has 0 bridgehead atoms. The lowest BCUT2D eigenvalue weighted by Gasteiger charge is -2.11. The third-order valence-electron chi connectivity index (χ3n) is 3.77. The van der Waals surface area contributed by atoms with Crippen LogP contribution in [0.15, 0.2) is 48.7 Å². The molecule has 1 unspecified atom stereocenters. The van der Waals surface area contributed by atoms with Crippen molar-refractivity contribution in [2.45, 2.75) is 13.0 Å². The molecule has 0 amide bonds. The molecular formula is C21H24ClN3O6. The minimum atomic E-state index is -1.03. The molecule has 1 aromatic heterocycles. The molecule has 9 nitrogen and oxygen atoms in total. The molecule has 0 saturated carbocycles. The van der Waals surface area contributed by atoms with Crippen LogP contribution in [-0.4, -0.2) is 63.7 Å². The van der Waals surface area contributed by atoms with Crippen molar-refractivity contribution >= 4 is 28.6 Å². The fourth-order valence-electron chi connectivity index (χ4n) is 2.26. The minimum Gasteiger partial charge on any atom is -0.479 e. The predicted molar refractivity (Wildman–Crippen MR) is 116 cm³/mol. The van der Waals surface area contributed by atoms with Crippen LogP contribution in [0.4, 0.5) is 0 Å². The predicted octanol–water partition coefficient (Wildman–Crippen LogP) is 2.49. The van der Waals surface area contributed by atoms with Crippen LogP contribution in [0.1, 0.15) is 6.92 Å². The number of hydrogen-bond acceptors (Lipinski definition) is 8. The summed E-state index contributed by atoms with van der Waals surface area (Å²) in [5, 5.41) is 28.5. The van der Waals surface area contributed by atoms with Gasteiger partial charge in [0.25, 0.3) is 0 Å². The smallest absolute Gasteiger partial charge is 0.344 e. The van der Waals surface area contributed by atoms with Gasteiger partial charge in [-0.1, -0.05) is 11.6 Å². The lowest BCUT2D eigenvalue weighted by molar-refractivity contribution is -0.144. The molecule has 1 heterocycles. The van der Waals surface area contributed by atoms with Crippen molar-refractivity contribution in [2.75, 3.05) is 26.3 Å². The molecule has 0 aliphatic rings. The van der Waals surface area contributed by atoms with Gasteiger partial charge >= 0.3 is 5.97 Å². The van der Waals surface area contributed by atoms with Gasteiger partial charge in [0.05, 0.1) is 30.4 Å². The molecule has 1 atom stereocenters. The molecule has 4 N–H and O–H groups in total. The Morgan fingerprint density at radius 1 is 1.06 bits per heavy atom. The fourth-order valence-corrected chi connectivity index (χ4v) is 2.43. The summed E-state index contributed by atoms with van der Waals surface area (Å²) in [5.74, 6) is 0.295. The molecule has 0 aliphatic heterocycles. The summed E-state index contributed by atoms with van der Waals surface area (Å²) < 4.78 is 10.9. The van der Waals surface area contributed by atoms with Crippen LogP contribution in [0.5, 0.6) is 17.4 Å². The number of benzene rings is 2. The summed E-state index contributed by atoms with van der Waals surface area (Å²) in [5.41, 5.74) is 1.35. The number of carboxylic acids is 1. The third kappa shape index (κ3) is 8.35. The van der Waals surface area contributed by atoms with E-state index < -0.39 is 12.1 Å². The second kappa shape index (κ2) is 12.7. The summed E-state index contributed by atoms with van der Waals surface area (Å²) >= 11 is 5.91. The van der Waals surface area contributed by atoms with Crippen LogP contribution < -0.4 is 14.8 Å². The van der Waals surface area contributed by atoms with Gasteiger partial charge in [-0.15, -0.1) is 0 Å². The van der Waals surface area contributed by atoms with Gasteiger partial charge < -0.3 is 30.1 Å². The Morgan fingerprint density at radius 2 is 1.71 bits per heavy atom. The van der Waals surface area contributed by atoms with E-state index in [4.69, 9.17) is 36.4 Å². The first-order valence-electron chi connectivity index (χ1n) is 9.45. The monoisotopic (exact) mass is 449 g/mol. The second-order valence-electron chi connectivity index (χ2n) is 6.21. The molecule has 166 valence electrons. The molecule has 0 aliphatic carbocycles. The number of hydrogen-bond donors (Lipinski definition) is 4. The zero-order valence-corrected chi connectivity index (χ0v) is 17.6. The molecule has 0 radical (unpaired) electrons. The first-order chi connectivity index (χ1) is 14.9. The normalized spacial score (nSPS) is 11.4. The van der Waals surface area contributed by atoms with Gasteiger partial charge in [-0.05, 0) is 49.4 Å². The maximum absolute atomic E-state index is 10.8. The van der Waals surface area contributed by atoms with E-state index in [-0.39, 0.29) is 13.2 Å². The van der Waals surface area contributed by atoms with Crippen LogP contribution >= 0.6 is 11.6 Å². The van der Waals surface area contributed by atoms with Crippen LogP contribution in [0.2, 0.25) is 5.02 Å². The lowest BCUT2D eigenvalue weighted by Crippen LogP contribution is -2.22. The summed E-state index contributed by atoms with van der Waals surface area (Å²) in [6.45, 7) is 2.88. The number of carboxylic acid groups (broad SMARTS) is 1. The van der Waals surface area contributed by atoms with Crippen LogP contribution in [-0.2, 0) is 4.79 Å². The molecular weight excluding hydrogens is 426 g/mol. The second-order valence-corrected chi connectivity index (χ2v) is 6.65. The van der Waals surface area contributed by atoms with Crippen molar-refractivity contribution in [1.82, 2.24) is 15.3 Å². The van der Waals surface area contributed by atoms with Gasteiger partial charge in [-0.25, -0.2) is 14.8 Å². The number of aliphatic carboxylic acids is 1. The molecule has 3 rings (SSSR count).